The average molecular weight is 282 g/mol. The van der Waals surface area contributed by atoms with Crippen LogP contribution in [-0.2, 0) is 17.3 Å². The van der Waals surface area contributed by atoms with E-state index in [0.717, 1.165) is 28.3 Å². The van der Waals surface area contributed by atoms with Gasteiger partial charge in [-0.05, 0) is 56.7 Å². The van der Waals surface area contributed by atoms with E-state index in [1.54, 1.807) is 12.1 Å². The number of rotatable bonds is 1. The lowest BCUT2D eigenvalue weighted by molar-refractivity contribution is -0.119. The molecule has 108 valence electrons. The Morgan fingerprint density at radius 1 is 1.19 bits per heavy atom. The van der Waals surface area contributed by atoms with Gasteiger partial charge in [-0.25, -0.2) is 4.98 Å². The molecule has 0 fully saturated rings. The number of hydrogen-bond acceptors (Lipinski definition) is 3. The Kier molecular flexibility index (Phi) is 2.80. The second-order valence-electron chi connectivity index (χ2n) is 6.06. The summed E-state index contributed by atoms with van der Waals surface area (Å²) in [5.41, 5.74) is 2.84. The molecule has 0 saturated carbocycles. The standard InChI is InChI=1S/C17H18N2O2/c1-10-9-13-14(17(2,3)15(10)21)18-16(19(13)4)11-5-7-12(20)8-6-11/h5-9,20H,1-4H3. The largest absolute Gasteiger partial charge is 0.508 e. The zero-order valence-corrected chi connectivity index (χ0v) is 12.6. The molecular weight excluding hydrogens is 264 g/mol. The first-order chi connectivity index (χ1) is 9.82. The molecule has 1 N–H and O–H groups in total. The van der Waals surface area contributed by atoms with E-state index in [9.17, 15) is 9.90 Å². The van der Waals surface area contributed by atoms with Gasteiger partial charge < -0.3 is 9.67 Å². The van der Waals surface area contributed by atoms with Crippen LogP contribution in [0.3, 0.4) is 0 Å². The highest BCUT2D eigenvalue weighted by Crippen LogP contribution is 2.37. The first kappa shape index (κ1) is 13.6. The molecule has 1 heterocycles. The molecule has 0 atom stereocenters. The number of phenolic OH excluding ortho intramolecular Hbond substituents is 1. The van der Waals surface area contributed by atoms with E-state index in [1.807, 2.05) is 50.6 Å². The van der Waals surface area contributed by atoms with Gasteiger partial charge in [0, 0.05) is 12.6 Å². The van der Waals surface area contributed by atoms with Crippen molar-refractivity contribution < 1.29 is 9.90 Å². The topological polar surface area (TPSA) is 55.1 Å². The molecule has 0 amide bonds. The van der Waals surface area contributed by atoms with Crippen LogP contribution < -0.4 is 0 Å². The molecule has 1 aliphatic rings. The first-order valence-corrected chi connectivity index (χ1v) is 6.92. The van der Waals surface area contributed by atoms with E-state index in [0.29, 0.717) is 0 Å². The third kappa shape index (κ3) is 1.90. The van der Waals surface area contributed by atoms with Gasteiger partial charge in [0.1, 0.15) is 11.6 Å². The maximum absolute atomic E-state index is 12.4. The first-order valence-electron chi connectivity index (χ1n) is 6.92. The summed E-state index contributed by atoms with van der Waals surface area (Å²) in [6, 6.07) is 6.93. The Labute approximate surface area is 123 Å². The van der Waals surface area contributed by atoms with Crippen molar-refractivity contribution in [3.05, 3.63) is 41.2 Å². The molecule has 0 unspecified atom stereocenters. The van der Waals surface area contributed by atoms with Gasteiger partial charge in [-0.15, -0.1) is 0 Å². The maximum atomic E-state index is 12.4. The van der Waals surface area contributed by atoms with E-state index in [4.69, 9.17) is 4.98 Å². The quantitative estimate of drug-likeness (QED) is 0.874. The molecule has 1 aromatic carbocycles. The van der Waals surface area contributed by atoms with E-state index in [1.165, 1.54) is 0 Å². The lowest BCUT2D eigenvalue weighted by atomic mass is 9.77. The number of benzene rings is 1. The number of fused-ring (bicyclic) bond motifs is 1. The van der Waals surface area contributed by atoms with Crippen molar-refractivity contribution >= 4 is 11.9 Å². The van der Waals surface area contributed by atoms with Crippen molar-refractivity contribution in [3.63, 3.8) is 0 Å². The number of aromatic hydroxyl groups is 1. The van der Waals surface area contributed by atoms with Gasteiger partial charge in [0.25, 0.3) is 0 Å². The number of ketones is 1. The summed E-state index contributed by atoms with van der Waals surface area (Å²) < 4.78 is 2.00. The summed E-state index contributed by atoms with van der Waals surface area (Å²) >= 11 is 0. The minimum atomic E-state index is -0.610. The summed E-state index contributed by atoms with van der Waals surface area (Å²) in [6.07, 6.45) is 1.90. The number of Topliss-reactive ketones (excluding diaryl/α,β-unsaturated/α-hetero) is 1. The minimum Gasteiger partial charge on any atom is -0.508 e. The molecule has 1 aliphatic carbocycles. The summed E-state index contributed by atoms with van der Waals surface area (Å²) in [7, 11) is 1.95. The number of allylic oxidation sites excluding steroid dienone is 1. The maximum Gasteiger partial charge on any atom is 0.170 e. The second-order valence-corrected chi connectivity index (χ2v) is 6.06. The molecule has 1 aromatic heterocycles. The van der Waals surface area contributed by atoms with E-state index >= 15 is 0 Å². The van der Waals surface area contributed by atoms with Crippen LogP contribution in [0.4, 0.5) is 0 Å². The summed E-state index contributed by atoms with van der Waals surface area (Å²) in [5, 5.41) is 9.41. The van der Waals surface area contributed by atoms with E-state index in [-0.39, 0.29) is 11.5 Å². The van der Waals surface area contributed by atoms with Crippen LogP contribution in [0.1, 0.15) is 32.2 Å². The number of carbonyl (C=O) groups excluding carboxylic acids is 1. The monoisotopic (exact) mass is 282 g/mol. The van der Waals surface area contributed by atoms with Crippen LogP contribution in [-0.4, -0.2) is 20.4 Å². The number of hydrogen-bond donors (Lipinski definition) is 1. The summed E-state index contributed by atoms with van der Waals surface area (Å²) in [6.45, 7) is 5.68. The number of imidazole rings is 1. The van der Waals surface area contributed by atoms with Gasteiger partial charge in [0.2, 0.25) is 0 Å². The van der Waals surface area contributed by atoms with E-state index < -0.39 is 5.41 Å². The predicted octanol–water partition coefficient (Wildman–Crippen LogP) is 3.06. The Balaban J connectivity index is 2.23. The van der Waals surface area contributed by atoms with Crippen molar-refractivity contribution in [2.24, 2.45) is 7.05 Å². The number of nitrogens with zero attached hydrogens (tertiary/aromatic N) is 2. The van der Waals surface area contributed by atoms with Gasteiger partial charge in [0.15, 0.2) is 5.78 Å². The zero-order valence-electron chi connectivity index (χ0n) is 12.6. The number of aromatic nitrogens is 2. The summed E-state index contributed by atoms with van der Waals surface area (Å²) in [4.78, 5) is 17.1. The van der Waals surface area contributed by atoms with Crippen molar-refractivity contribution in [2.75, 3.05) is 0 Å². The van der Waals surface area contributed by atoms with Crippen molar-refractivity contribution in [3.8, 4) is 17.1 Å². The molecular formula is C17H18N2O2. The predicted molar refractivity (Wildman–Crippen MR) is 82.0 cm³/mol. The third-order valence-corrected chi connectivity index (χ3v) is 4.14. The van der Waals surface area contributed by atoms with Crippen LogP contribution >= 0.6 is 0 Å². The molecule has 4 nitrogen and oxygen atoms in total. The fourth-order valence-electron chi connectivity index (χ4n) is 2.88. The number of carbonyl (C=O) groups is 1. The Hall–Kier alpha value is -2.36. The highest BCUT2D eigenvalue weighted by atomic mass is 16.3. The fraction of sp³-hybridized carbons (Fsp3) is 0.294. The lowest BCUT2D eigenvalue weighted by Gasteiger charge is -2.26. The highest BCUT2D eigenvalue weighted by Gasteiger charge is 2.39. The smallest absolute Gasteiger partial charge is 0.170 e. The molecule has 21 heavy (non-hydrogen) atoms. The molecule has 0 aliphatic heterocycles. The van der Waals surface area contributed by atoms with Gasteiger partial charge >= 0.3 is 0 Å². The molecule has 0 spiro atoms. The highest BCUT2D eigenvalue weighted by molar-refractivity contribution is 6.08. The van der Waals surface area contributed by atoms with Crippen LogP contribution in [0.15, 0.2) is 29.8 Å². The normalized spacial score (nSPS) is 16.6. The average Bonchev–Trinajstić information content (AvgIpc) is 2.76. The Morgan fingerprint density at radius 3 is 2.43 bits per heavy atom. The van der Waals surface area contributed by atoms with E-state index in [2.05, 4.69) is 0 Å². The molecule has 4 heteroatoms. The number of phenols is 1. The van der Waals surface area contributed by atoms with Crippen molar-refractivity contribution in [1.29, 1.82) is 0 Å². The van der Waals surface area contributed by atoms with Crippen LogP contribution in [0.25, 0.3) is 17.5 Å². The fourth-order valence-corrected chi connectivity index (χ4v) is 2.88. The Bertz CT molecular complexity index is 765. The molecule has 0 bridgehead atoms. The summed E-state index contributed by atoms with van der Waals surface area (Å²) in [5.74, 6) is 1.14. The van der Waals surface area contributed by atoms with Gasteiger partial charge in [-0.2, -0.15) is 0 Å². The van der Waals surface area contributed by atoms with Crippen LogP contribution in [0.2, 0.25) is 0 Å². The SMILES string of the molecule is CC1=Cc2c(nc(-c3ccc(O)cc3)n2C)C(C)(C)C1=O. The van der Waals surface area contributed by atoms with Crippen LogP contribution in [0.5, 0.6) is 5.75 Å². The molecule has 0 saturated heterocycles. The van der Waals surface area contributed by atoms with Gasteiger partial charge in [-0.3, -0.25) is 4.79 Å². The lowest BCUT2D eigenvalue weighted by Crippen LogP contribution is -2.33. The van der Waals surface area contributed by atoms with Gasteiger partial charge in [0.05, 0.1) is 16.8 Å². The molecule has 0 radical (unpaired) electrons. The molecule has 3 rings (SSSR count). The van der Waals surface area contributed by atoms with Crippen LogP contribution in [0, 0.1) is 0 Å². The molecule has 2 aromatic rings. The zero-order chi connectivity index (χ0) is 15.4. The Morgan fingerprint density at radius 2 is 1.81 bits per heavy atom. The van der Waals surface area contributed by atoms with Crippen molar-refractivity contribution in [1.82, 2.24) is 9.55 Å². The second kappa shape index (κ2) is 4.32. The van der Waals surface area contributed by atoms with Crippen molar-refractivity contribution in [2.45, 2.75) is 26.2 Å². The van der Waals surface area contributed by atoms with Gasteiger partial charge in [-0.1, -0.05) is 0 Å². The third-order valence-electron chi connectivity index (χ3n) is 4.14. The minimum absolute atomic E-state index is 0.116.